The maximum atomic E-state index is 2.41. The van der Waals surface area contributed by atoms with E-state index in [-0.39, 0.29) is 0 Å². The molecule has 10 aromatic rings. The topological polar surface area (TPSA) is 3.24 Å². The molecule has 0 bridgehead atoms. The molecule has 1 nitrogen and oxygen atoms in total. The molecule has 0 heterocycles. The highest BCUT2D eigenvalue weighted by Crippen LogP contribution is 2.45. The van der Waals surface area contributed by atoms with Crippen LogP contribution in [0.3, 0.4) is 0 Å². The summed E-state index contributed by atoms with van der Waals surface area (Å²) in [6, 6.07) is 85.7. The molecule has 0 aliphatic carbocycles. The normalized spacial score (nSPS) is 11.2. The number of hydrogen-bond donors (Lipinski definition) is 0. The summed E-state index contributed by atoms with van der Waals surface area (Å²) in [5.74, 6) is 0. The summed E-state index contributed by atoms with van der Waals surface area (Å²) in [6.07, 6.45) is 0. The number of hydrogen-bond acceptors (Lipinski definition) is 1. The Balaban J connectivity index is 1.18. The molecule has 0 aliphatic rings. The van der Waals surface area contributed by atoms with Gasteiger partial charge in [-0.25, -0.2) is 0 Å². The maximum absolute atomic E-state index is 2.41. The van der Waals surface area contributed by atoms with Crippen molar-refractivity contribution in [3.63, 3.8) is 0 Å². The van der Waals surface area contributed by atoms with Crippen LogP contribution >= 0.6 is 0 Å². The molecule has 0 radical (unpaired) electrons. The summed E-state index contributed by atoms with van der Waals surface area (Å²) in [7, 11) is 0. The average molecular weight is 726 g/mol. The van der Waals surface area contributed by atoms with Crippen LogP contribution in [-0.4, -0.2) is 0 Å². The van der Waals surface area contributed by atoms with Crippen molar-refractivity contribution in [2.24, 2.45) is 0 Å². The van der Waals surface area contributed by atoms with E-state index in [0.717, 1.165) is 28.2 Å². The van der Waals surface area contributed by atoms with E-state index in [1.54, 1.807) is 0 Å². The third-order valence-electron chi connectivity index (χ3n) is 11.1. The highest BCUT2D eigenvalue weighted by molar-refractivity contribution is 6.14. The van der Waals surface area contributed by atoms with Crippen molar-refractivity contribution in [2.45, 2.75) is 0 Å². The summed E-state index contributed by atoms with van der Waals surface area (Å²) in [5.41, 5.74) is 15.2. The van der Waals surface area contributed by atoms with Gasteiger partial charge in [0.05, 0.1) is 5.69 Å². The summed E-state index contributed by atoms with van der Waals surface area (Å²) in [4.78, 5) is 2.41. The molecule has 0 spiro atoms. The molecule has 268 valence electrons. The van der Waals surface area contributed by atoms with Crippen molar-refractivity contribution in [1.29, 1.82) is 0 Å². The standard InChI is InChI=1S/C56H39N/c1-4-14-40(15-5-1)43-24-26-46(27-25-43)55-39-48(54-38-47-20-10-11-21-51(47)52-22-12-13-23-53(52)54)32-37-56(55)57(49-33-28-44(29-34-49)41-16-6-2-7-17-41)50-35-30-45(31-36-50)42-18-8-3-9-19-42/h1-39H. The highest BCUT2D eigenvalue weighted by Gasteiger charge is 2.20. The second-order valence-corrected chi connectivity index (χ2v) is 14.5. The van der Waals surface area contributed by atoms with Crippen LogP contribution in [0.15, 0.2) is 237 Å². The van der Waals surface area contributed by atoms with Gasteiger partial charge >= 0.3 is 0 Å². The quantitative estimate of drug-likeness (QED) is 0.141. The first-order chi connectivity index (χ1) is 28.3. The van der Waals surface area contributed by atoms with Crippen LogP contribution in [0, 0.1) is 0 Å². The van der Waals surface area contributed by atoms with Gasteiger partial charge in [0, 0.05) is 16.9 Å². The van der Waals surface area contributed by atoms with Gasteiger partial charge in [0.2, 0.25) is 0 Å². The molecule has 0 amide bonds. The van der Waals surface area contributed by atoms with Crippen molar-refractivity contribution in [3.8, 4) is 55.6 Å². The maximum Gasteiger partial charge on any atom is 0.0540 e. The van der Waals surface area contributed by atoms with Gasteiger partial charge in [0.1, 0.15) is 0 Å². The summed E-state index contributed by atoms with van der Waals surface area (Å²) in [5, 5.41) is 5.03. The van der Waals surface area contributed by atoms with Gasteiger partial charge in [-0.3, -0.25) is 0 Å². The molecule has 57 heavy (non-hydrogen) atoms. The van der Waals surface area contributed by atoms with Crippen LogP contribution in [0.5, 0.6) is 0 Å². The molecule has 1 heteroatoms. The molecule has 0 unspecified atom stereocenters. The SMILES string of the molecule is c1ccc(-c2ccc(-c3cc(-c4cc5ccccc5c5ccccc45)ccc3N(c3ccc(-c4ccccc4)cc3)c3ccc(-c4ccccc4)cc3)cc2)cc1. The minimum absolute atomic E-state index is 1.09. The third kappa shape index (κ3) is 6.66. The molecular formula is C56H39N. The minimum atomic E-state index is 1.09. The Kier molecular flexibility index (Phi) is 8.95. The number of rotatable bonds is 8. The molecule has 0 N–H and O–H groups in total. The lowest BCUT2D eigenvalue weighted by molar-refractivity contribution is 1.28. The van der Waals surface area contributed by atoms with E-state index in [4.69, 9.17) is 0 Å². The molecule has 0 fully saturated rings. The van der Waals surface area contributed by atoms with Crippen molar-refractivity contribution in [1.82, 2.24) is 0 Å². The number of nitrogens with zero attached hydrogens (tertiary/aromatic N) is 1. The monoisotopic (exact) mass is 725 g/mol. The van der Waals surface area contributed by atoms with E-state index in [2.05, 4.69) is 241 Å². The summed E-state index contributed by atoms with van der Waals surface area (Å²) >= 11 is 0. The molecule has 0 saturated heterocycles. The van der Waals surface area contributed by atoms with Gasteiger partial charge in [-0.1, -0.05) is 194 Å². The lowest BCUT2D eigenvalue weighted by atomic mass is 9.90. The Morgan fingerprint density at radius 2 is 0.614 bits per heavy atom. The van der Waals surface area contributed by atoms with E-state index < -0.39 is 0 Å². The Morgan fingerprint density at radius 1 is 0.228 bits per heavy atom. The molecule has 0 atom stereocenters. The molecule has 10 rings (SSSR count). The number of benzene rings is 10. The van der Waals surface area contributed by atoms with Gasteiger partial charge in [-0.2, -0.15) is 0 Å². The van der Waals surface area contributed by atoms with Crippen LogP contribution in [0.25, 0.3) is 77.2 Å². The van der Waals surface area contributed by atoms with E-state index in [9.17, 15) is 0 Å². The minimum Gasteiger partial charge on any atom is -0.310 e. The van der Waals surface area contributed by atoms with Gasteiger partial charge in [-0.05, 0) is 114 Å². The second kappa shape index (κ2) is 15.0. The van der Waals surface area contributed by atoms with Gasteiger partial charge in [0.25, 0.3) is 0 Å². The van der Waals surface area contributed by atoms with E-state index in [1.165, 1.54) is 66.1 Å². The molecule has 0 saturated carbocycles. The van der Waals surface area contributed by atoms with Crippen LogP contribution < -0.4 is 4.90 Å². The fraction of sp³-hybridized carbons (Fsp3) is 0. The van der Waals surface area contributed by atoms with Gasteiger partial charge < -0.3 is 4.90 Å². The van der Waals surface area contributed by atoms with Crippen molar-refractivity contribution in [3.05, 3.63) is 237 Å². The van der Waals surface area contributed by atoms with Gasteiger partial charge in [0.15, 0.2) is 0 Å². The smallest absolute Gasteiger partial charge is 0.0540 e. The average Bonchev–Trinajstić information content (AvgIpc) is 3.30. The fourth-order valence-corrected chi connectivity index (χ4v) is 8.19. The Morgan fingerprint density at radius 3 is 1.14 bits per heavy atom. The summed E-state index contributed by atoms with van der Waals surface area (Å²) in [6.45, 7) is 0. The summed E-state index contributed by atoms with van der Waals surface area (Å²) < 4.78 is 0. The zero-order valence-corrected chi connectivity index (χ0v) is 31.5. The van der Waals surface area contributed by atoms with E-state index in [0.29, 0.717) is 0 Å². The molecular weight excluding hydrogens is 687 g/mol. The fourth-order valence-electron chi connectivity index (χ4n) is 8.19. The van der Waals surface area contributed by atoms with Crippen LogP contribution in [0.1, 0.15) is 0 Å². The number of fused-ring (bicyclic) bond motifs is 3. The zero-order chi connectivity index (χ0) is 38.0. The van der Waals surface area contributed by atoms with E-state index >= 15 is 0 Å². The van der Waals surface area contributed by atoms with Crippen molar-refractivity contribution >= 4 is 38.6 Å². The largest absolute Gasteiger partial charge is 0.310 e. The van der Waals surface area contributed by atoms with Crippen LogP contribution in [-0.2, 0) is 0 Å². The second-order valence-electron chi connectivity index (χ2n) is 14.5. The molecule has 0 aromatic heterocycles. The lowest BCUT2D eigenvalue weighted by Crippen LogP contribution is -2.11. The zero-order valence-electron chi connectivity index (χ0n) is 31.5. The van der Waals surface area contributed by atoms with Crippen molar-refractivity contribution in [2.75, 3.05) is 4.90 Å². The van der Waals surface area contributed by atoms with Gasteiger partial charge in [-0.15, -0.1) is 0 Å². The number of anilines is 3. The Labute approximate surface area is 334 Å². The first kappa shape index (κ1) is 34.0. The predicted molar refractivity (Wildman–Crippen MR) is 243 cm³/mol. The first-order valence-corrected chi connectivity index (χ1v) is 19.6. The Hall–Kier alpha value is -7.48. The Bertz CT molecular complexity index is 2870. The first-order valence-electron chi connectivity index (χ1n) is 19.6. The van der Waals surface area contributed by atoms with Crippen molar-refractivity contribution < 1.29 is 0 Å². The van der Waals surface area contributed by atoms with E-state index in [1.807, 2.05) is 0 Å². The van der Waals surface area contributed by atoms with Crippen LogP contribution in [0.4, 0.5) is 17.1 Å². The lowest BCUT2D eigenvalue weighted by Gasteiger charge is -2.29. The molecule has 10 aromatic carbocycles. The third-order valence-corrected chi connectivity index (χ3v) is 11.1. The highest BCUT2D eigenvalue weighted by atomic mass is 15.1. The predicted octanol–water partition coefficient (Wildman–Crippen LogP) is 15.8. The van der Waals surface area contributed by atoms with Crippen LogP contribution in [0.2, 0.25) is 0 Å². The molecule has 0 aliphatic heterocycles.